The van der Waals surface area contributed by atoms with Crippen molar-refractivity contribution in [3.63, 3.8) is 0 Å². The van der Waals surface area contributed by atoms with E-state index in [0.717, 1.165) is 0 Å². The quantitative estimate of drug-likeness (QED) is 0.710. The van der Waals surface area contributed by atoms with E-state index in [9.17, 15) is 22.8 Å². The number of rotatable bonds is 4. The predicted octanol–water partition coefficient (Wildman–Crippen LogP) is 0.558. The third kappa shape index (κ3) is 3.41. The van der Waals surface area contributed by atoms with Gasteiger partial charge in [-0.2, -0.15) is 13.2 Å². The lowest BCUT2D eigenvalue weighted by Crippen LogP contribution is -2.56. The largest absolute Gasteiger partial charge is 0.404 e. The second-order valence-electron chi connectivity index (χ2n) is 5.37. The highest BCUT2D eigenvalue weighted by atomic mass is 19.4. The van der Waals surface area contributed by atoms with Crippen molar-refractivity contribution in [2.45, 2.75) is 45.5 Å². The second-order valence-corrected chi connectivity index (χ2v) is 5.37. The van der Waals surface area contributed by atoms with Crippen molar-refractivity contribution in [1.82, 2.24) is 16.0 Å². The molecular weight excluding hydrogens is 275 g/mol. The van der Waals surface area contributed by atoms with Crippen LogP contribution in [-0.4, -0.2) is 43.2 Å². The number of carbonyl (C=O) groups excluding carboxylic acids is 2. The summed E-state index contributed by atoms with van der Waals surface area (Å²) in [5.74, 6) is -1.65. The third-order valence-electron chi connectivity index (χ3n) is 3.30. The summed E-state index contributed by atoms with van der Waals surface area (Å²) in [6.45, 7) is 4.48. The topological polar surface area (TPSA) is 70.2 Å². The van der Waals surface area contributed by atoms with Gasteiger partial charge in [0.1, 0.15) is 6.04 Å². The number of alkyl halides is 3. The third-order valence-corrected chi connectivity index (χ3v) is 3.30. The van der Waals surface area contributed by atoms with Gasteiger partial charge in [-0.05, 0) is 33.7 Å². The van der Waals surface area contributed by atoms with E-state index >= 15 is 0 Å². The van der Waals surface area contributed by atoms with Gasteiger partial charge in [0.15, 0.2) is 5.41 Å². The number of halogens is 3. The summed E-state index contributed by atoms with van der Waals surface area (Å²) in [7, 11) is 0. The summed E-state index contributed by atoms with van der Waals surface area (Å²) in [4.78, 5) is 23.6. The zero-order chi connectivity index (χ0) is 15.6. The molecule has 0 aromatic heterocycles. The van der Waals surface area contributed by atoms with Crippen LogP contribution in [0, 0.1) is 5.41 Å². The van der Waals surface area contributed by atoms with Crippen LogP contribution in [0.3, 0.4) is 0 Å². The number of hydrogen-bond acceptors (Lipinski definition) is 3. The van der Waals surface area contributed by atoms with Crippen molar-refractivity contribution in [1.29, 1.82) is 0 Å². The van der Waals surface area contributed by atoms with Crippen LogP contribution < -0.4 is 16.0 Å². The molecule has 0 bridgehead atoms. The van der Waals surface area contributed by atoms with Crippen molar-refractivity contribution in [3.05, 3.63) is 0 Å². The standard InChI is InChI=1S/C12H20F3N3O2/c1-7(2)17-9(19)8(3)18-10(20)11(12(13,14)15)4-5-16-6-11/h7-8,16H,4-6H2,1-3H3,(H,17,19)(H,18,20). The lowest BCUT2D eigenvalue weighted by molar-refractivity contribution is -0.216. The fourth-order valence-electron chi connectivity index (χ4n) is 2.07. The van der Waals surface area contributed by atoms with Crippen LogP contribution in [-0.2, 0) is 9.59 Å². The van der Waals surface area contributed by atoms with Gasteiger partial charge in [-0.25, -0.2) is 0 Å². The van der Waals surface area contributed by atoms with E-state index in [-0.39, 0.29) is 19.0 Å². The van der Waals surface area contributed by atoms with Crippen molar-refractivity contribution in [3.8, 4) is 0 Å². The van der Waals surface area contributed by atoms with Crippen LogP contribution in [0.5, 0.6) is 0 Å². The van der Waals surface area contributed by atoms with Crippen molar-refractivity contribution >= 4 is 11.8 Å². The Hall–Kier alpha value is -1.31. The second kappa shape index (κ2) is 5.99. The monoisotopic (exact) mass is 295 g/mol. The van der Waals surface area contributed by atoms with E-state index < -0.39 is 36.0 Å². The molecule has 2 atom stereocenters. The highest BCUT2D eigenvalue weighted by Crippen LogP contribution is 2.43. The highest BCUT2D eigenvalue weighted by Gasteiger charge is 2.61. The smallest absolute Gasteiger partial charge is 0.352 e. The molecule has 1 heterocycles. The Morgan fingerprint density at radius 1 is 1.20 bits per heavy atom. The lowest BCUT2D eigenvalue weighted by atomic mass is 9.85. The molecule has 0 aromatic carbocycles. The van der Waals surface area contributed by atoms with E-state index in [1.807, 2.05) is 0 Å². The van der Waals surface area contributed by atoms with Crippen LogP contribution >= 0.6 is 0 Å². The number of nitrogens with one attached hydrogen (secondary N) is 3. The highest BCUT2D eigenvalue weighted by molar-refractivity contribution is 5.90. The molecule has 5 nitrogen and oxygen atoms in total. The zero-order valence-corrected chi connectivity index (χ0v) is 11.7. The molecule has 0 saturated carbocycles. The van der Waals surface area contributed by atoms with Gasteiger partial charge in [0.05, 0.1) is 0 Å². The summed E-state index contributed by atoms with van der Waals surface area (Å²) in [5.41, 5.74) is -2.45. The Kier molecular flexibility index (Phi) is 5.01. The molecule has 1 aliphatic rings. The molecule has 1 saturated heterocycles. The predicted molar refractivity (Wildman–Crippen MR) is 66.9 cm³/mol. The van der Waals surface area contributed by atoms with Gasteiger partial charge < -0.3 is 16.0 Å². The minimum absolute atomic E-state index is 0.125. The van der Waals surface area contributed by atoms with E-state index in [1.165, 1.54) is 6.92 Å². The summed E-state index contributed by atoms with van der Waals surface area (Å²) < 4.78 is 39.4. The van der Waals surface area contributed by atoms with Gasteiger partial charge in [0.25, 0.3) is 0 Å². The van der Waals surface area contributed by atoms with Crippen molar-refractivity contribution < 1.29 is 22.8 Å². The summed E-state index contributed by atoms with van der Waals surface area (Å²) >= 11 is 0. The Morgan fingerprint density at radius 2 is 1.80 bits per heavy atom. The number of carbonyl (C=O) groups is 2. The van der Waals surface area contributed by atoms with Gasteiger partial charge in [-0.3, -0.25) is 9.59 Å². The Bertz CT molecular complexity index is 377. The first-order chi connectivity index (χ1) is 9.10. The van der Waals surface area contributed by atoms with Gasteiger partial charge in [-0.1, -0.05) is 0 Å². The maximum atomic E-state index is 13.1. The Morgan fingerprint density at radius 3 is 2.20 bits per heavy atom. The minimum Gasteiger partial charge on any atom is -0.352 e. The molecule has 1 aliphatic heterocycles. The summed E-state index contributed by atoms with van der Waals surface area (Å²) in [6.07, 6.45) is -4.96. The summed E-state index contributed by atoms with van der Waals surface area (Å²) in [5, 5.41) is 7.26. The molecule has 0 aliphatic carbocycles. The SMILES string of the molecule is CC(C)NC(=O)C(C)NC(=O)C1(C(F)(F)F)CCNC1. The molecule has 1 rings (SSSR count). The van der Waals surface area contributed by atoms with E-state index in [0.29, 0.717) is 0 Å². The van der Waals surface area contributed by atoms with Gasteiger partial charge in [0.2, 0.25) is 11.8 Å². The van der Waals surface area contributed by atoms with Crippen LogP contribution in [0.25, 0.3) is 0 Å². The van der Waals surface area contributed by atoms with Crippen LogP contribution in [0.4, 0.5) is 13.2 Å². The molecule has 0 spiro atoms. The van der Waals surface area contributed by atoms with Crippen molar-refractivity contribution in [2.24, 2.45) is 5.41 Å². The molecule has 3 N–H and O–H groups in total. The molecule has 2 amide bonds. The molecule has 2 unspecified atom stereocenters. The molecule has 0 aromatic rings. The zero-order valence-electron chi connectivity index (χ0n) is 11.7. The molecule has 116 valence electrons. The van der Waals surface area contributed by atoms with E-state index in [4.69, 9.17) is 0 Å². The lowest BCUT2D eigenvalue weighted by Gasteiger charge is -2.30. The fraction of sp³-hybridized carbons (Fsp3) is 0.833. The Labute approximate surface area is 115 Å². The molecule has 20 heavy (non-hydrogen) atoms. The maximum absolute atomic E-state index is 13.1. The first-order valence-corrected chi connectivity index (χ1v) is 6.49. The minimum atomic E-state index is -4.64. The first-order valence-electron chi connectivity index (χ1n) is 6.49. The molecule has 0 radical (unpaired) electrons. The average Bonchev–Trinajstić information content (AvgIpc) is 2.77. The number of hydrogen-bond donors (Lipinski definition) is 3. The van der Waals surface area contributed by atoms with E-state index in [1.54, 1.807) is 13.8 Å². The fourth-order valence-corrected chi connectivity index (χ4v) is 2.07. The molecular formula is C12H20F3N3O2. The van der Waals surface area contributed by atoms with Gasteiger partial charge in [0, 0.05) is 12.6 Å². The molecule has 1 fully saturated rings. The van der Waals surface area contributed by atoms with E-state index in [2.05, 4.69) is 16.0 Å². The average molecular weight is 295 g/mol. The van der Waals surface area contributed by atoms with Crippen molar-refractivity contribution in [2.75, 3.05) is 13.1 Å². The molecule has 8 heteroatoms. The maximum Gasteiger partial charge on any atom is 0.404 e. The van der Waals surface area contributed by atoms with Gasteiger partial charge >= 0.3 is 6.18 Å². The van der Waals surface area contributed by atoms with Crippen LogP contribution in [0.1, 0.15) is 27.2 Å². The first kappa shape index (κ1) is 16.7. The Balaban J connectivity index is 2.76. The summed E-state index contributed by atoms with van der Waals surface area (Å²) in [6, 6.07) is -1.16. The normalized spacial score (nSPS) is 24.6. The van der Waals surface area contributed by atoms with Crippen LogP contribution in [0.2, 0.25) is 0 Å². The van der Waals surface area contributed by atoms with Crippen LogP contribution in [0.15, 0.2) is 0 Å². The number of amides is 2. The van der Waals surface area contributed by atoms with Gasteiger partial charge in [-0.15, -0.1) is 0 Å².